The fraction of sp³-hybridized carbons (Fsp3) is 1.00. The molecule has 0 radical (unpaired) electrons. The molecule has 2 heteroatoms. The van der Waals surface area contributed by atoms with Gasteiger partial charge in [0.15, 0.2) is 0 Å². The van der Waals surface area contributed by atoms with Crippen LogP contribution in [0.4, 0.5) is 0 Å². The third kappa shape index (κ3) is 5.83. The Labute approximate surface area is 121 Å². The molecule has 1 aliphatic heterocycles. The second kappa shape index (κ2) is 7.64. The Morgan fingerprint density at radius 2 is 1.74 bits per heavy atom. The Morgan fingerprint density at radius 1 is 1.16 bits per heavy atom. The minimum absolute atomic E-state index is 0.489. The fourth-order valence-electron chi connectivity index (χ4n) is 3.25. The summed E-state index contributed by atoms with van der Waals surface area (Å²) in [6, 6.07) is 1.35. The molecule has 114 valence electrons. The van der Waals surface area contributed by atoms with Crippen LogP contribution < -0.4 is 5.32 Å². The molecule has 1 unspecified atom stereocenters. The zero-order chi connectivity index (χ0) is 14.5. The second-order valence-corrected chi connectivity index (χ2v) is 7.68. The van der Waals surface area contributed by atoms with Crippen LogP contribution in [-0.2, 0) is 0 Å². The standard InChI is InChI=1S/C17H36N2/c1-7-8-16(13-18-14(2)3)19-11-9-15(10-12-19)17(4,5)6/h14-16,18H,7-13H2,1-6H3. The molecule has 1 rings (SSSR count). The van der Waals surface area contributed by atoms with Crippen LogP contribution in [0.1, 0.15) is 67.2 Å². The van der Waals surface area contributed by atoms with Gasteiger partial charge in [0.25, 0.3) is 0 Å². The van der Waals surface area contributed by atoms with Gasteiger partial charge in [-0.3, -0.25) is 4.90 Å². The van der Waals surface area contributed by atoms with E-state index in [1.807, 2.05) is 0 Å². The van der Waals surface area contributed by atoms with Crippen LogP contribution in [0.3, 0.4) is 0 Å². The van der Waals surface area contributed by atoms with Crippen LogP contribution >= 0.6 is 0 Å². The molecule has 0 bridgehead atoms. The molecular formula is C17H36N2. The third-order valence-electron chi connectivity index (χ3n) is 4.65. The predicted octanol–water partition coefficient (Wildman–Crippen LogP) is 3.91. The average molecular weight is 268 g/mol. The van der Waals surface area contributed by atoms with Crippen LogP contribution in [0.5, 0.6) is 0 Å². The van der Waals surface area contributed by atoms with Gasteiger partial charge >= 0.3 is 0 Å². The largest absolute Gasteiger partial charge is 0.313 e. The third-order valence-corrected chi connectivity index (χ3v) is 4.65. The lowest BCUT2D eigenvalue weighted by molar-refractivity contribution is 0.0779. The number of likely N-dealkylation sites (tertiary alicyclic amines) is 1. The quantitative estimate of drug-likeness (QED) is 0.785. The first kappa shape index (κ1) is 17.0. The molecule has 2 nitrogen and oxygen atoms in total. The van der Waals surface area contributed by atoms with Gasteiger partial charge in [0.05, 0.1) is 0 Å². The predicted molar refractivity (Wildman–Crippen MR) is 85.6 cm³/mol. The summed E-state index contributed by atoms with van der Waals surface area (Å²) < 4.78 is 0. The van der Waals surface area contributed by atoms with E-state index in [-0.39, 0.29) is 0 Å². The Kier molecular flexibility index (Phi) is 6.82. The summed E-state index contributed by atoms with van der Waals surface area (Å²) >= 11 is 0. The van der Waals surface area contributed by atoms with Crippen molar-refractivity contribution in [3.05, 3.63) is 0 Å². The fourth-order valence-corrected chi connectivity index (χ4v) is 3.25. The van der Waals surface area contributed by atoms with E-state index in [2.05, 4.69) is 51.8 Å². The highest BCUT2D eigenvalue weighted by Crippen LogP contribution is 2.34. The van der Waals surface area contributed by atoms with Gasteiger partial charge in [-0.05, 0) is 43.7 Å². The molecule has 0 aromatic carbocycles. The van der Waals surface area contributed by atoms with Crippen molar-refractivity contribution in [3.8, 4) is 0 Å². The lowest BCUT2D eigenvalue weighted by Crippen LogP contribution is -2.48. The minimum atomic E-state index is 0.489. The van der Waals surface area contributed by atoms with Gasteiger partial charge in [-0.15, -0.1) is 0 Å². The molecule has 1 saturated heterocycles. The van der Waals surface area contributed by atoms with Crippen LogP contribution in [0.15, 0.2) is 0 Å². The Balaban J connectivity index is 2.45. The maximum absolute atomic E-state index is 3.63. The summed E-state index contributed by atoms with van der Waals surface area (Å²) in [6.45, 7) is 17.8. The molecule has 0 aromatic rings. The van der Waals surface area contributed by atoms with Crippen LogP contribution in [0.25, 0.3) is 0 Å². The smallest absolute Gasteiger partial charge is 0.0220 e. The molecule has 19 heavy (non-hydrogen) atoms. The number of hydrogen-bond acceptors (Lipinski definition) is 2. The molecular weight excluding hydrogens is 232 g/mol. The van der Waals surface area contributed by atoms with Gasteiger partial charge in [-0.25, -0.2) is 0 Å². The normalized spacial score (nSPS) is 21.0. The average Bonchev–Trinajstić information content (AvgIpc) is 2.33. The van der Waals surface area contributed by atoms with Crippen molar-refractivity contribution in [2.75, 3.05) is 19.6 Å². The lowest BCUT2D eigenvalue weighted by atomic mass is 9.75. The molecule has 0 spiro atoms. The van der Waals surface area contributed by atoms with E-state index in [4.69, 9.17) is 0 Å². The number of piperidine rings is 1. The van der Waals surface area contributed by atoms with E-state index in [0.717, 1.165) is 18.5 Å². The molecule has 1 atom stereocenters. The van der Waals surface area contributed by atoms with Crippen molar-refractivity contribution in [1.82, 2.24) is 10.2 Å². The maximum Gasteiger partial charge on any atom is 0.0220 e. The zero-order valence-electron chi connectivity index (χ0n) is 14.1. The summed E-state index contributed by atoms with van der Waals surface area (Å²) in [7, 11) is 0. The van der Waals surface area contributed by atoms with Crippen molar-refractivity contribution in [3.63, 3.8) is 0 Å². The Hall–Kier alpha value is -0.0800. The van der Waals surface area contributed by atoms with E-state index < -0.39 is 0 Å². The summed E-state index contributed by atoms with van der Waals surface area (Å²) in [5.74, 6) is 0.907. The van der Waals surface area contributed by atoms with E-state index in [9.17, 15) is 0 Å². The zero-order valence-corrected chi connectivity index (χ0v) is 14.1. The van der Waals surface area contributed by atoms with Crippen molar-refractivity contribution in [2.24, 2.45) is 11.3 Å². The molecule has 1 aliphatic rings. The van der Waals surface area contributed by atoms with E-state index >= 15 is 0 Å². The maximum atomic E-state index is 3.63. The van der Waals surface area contributed by atoms with Crippen molar-refractivity contribution in [2.45, 2.75) is 79.3 Å². The van der Waals surface area contributed by atoms with Gasteiger partial charge in [0, 0.05) is 18.6 Å². The molecule has 1 fully saturated rings. The van der Waals surface area contributed by atoms with E-state index in [0.29, 0.717) is 11.5 Å². The Morgan fingerprint density at radius 3 is 2.16 bits per heavy atom. The van der Waals surface area contributed by atoms with Gasteiger partial charge in [-0.1, -0.05) is 48.0 Å². The first-order valence-electron chi connectivity index (χ1n) is 8.32. The van der Waals surface area contributed by atoms with Gasteiger partial charge in [-0.2, -0.15) is 0 Å². The molecule has 0 saturated carbocycles. The van der Waals surface area contributed by atoms with Crippen LogP contribution in [0, 0.1) is 11.3 Å². The minimum Gasteiger partial charge on any atom is -0.313 e. The molecule has 0 aromatic heterocycles. The van der Waals surface area contributed by atoms with Crippen LogP contribution in [0.2, 0.25) is 0 Å². The van der Waals surface area contributed by atoms with Crippen LogP contribution in [-0.4, -0.2) is 36.6 Å². The highest BCUT2D eigenvalue weighted by Gasteiger charge is 2.30. The number of nitrogens with one attached hydrogen (secondary N) is 1. The topological polar surface area (TPSA) is 15.3 Å². The van der Waals surface area contributed by atoms with Crippen molar-refractivity contribution in [1.29, 1.82) is 0 Å². The summed E-state index contributed by atoms with van der Waals surface area (Å²) in [4.78, 5) is 2.74. The molecule has 1 heterocycles. The highest BCUT2D eigenvalue weighted by molar-refractivity contribution is 4.84. The SMILES string of the molecule is CCCC(CNC(C)C)N1CCC(C(C)(C)C)CC1. The van der Waals surface area contributed by atoms with E-state index in [1.165, 1.54) is 38.8 Å². The molecule has 0 amide bonds. The monoisotopic (exact) mass is 268 g/mol. The van der Waals surface area contributed by atoms with Crippen molar-refractivity contribution >= 4 is 0 Å². The van der Waals surface area contributed by atoms with Gasteiger partial charge < -0.3 is 5.32 Å². The van der Waals surface area contributed by atoms with Crippen molar-refractivity contribution < 1.29 is 0 Å². The lowest BCUT2D eigenvalue weighted by Gasteiger charge is -2.42. The number of hydrogen-bond donors (Lipinski definition) is 1. The first-order chi connectivity index (χ1) is 8.84. The van der Waals surface area contributed by atoms with E-state index in [1.54, 1.807) is 0 Å². The Bertz CT molecular complexity index is 234. The second-order valence-electron chi connectivity index (χ2n) is 7.68. The highest BCUT2D eigenvalue weighted by atomic mass is 15.2. The van der Waals surface area contributed by atoms with Gasteiger partial charge in [0.2, 0.25) is 0 Å². The number of nitrogens with zero attached hydrogens (tertiary/aromatic N) is 1. The summed E-state index contributed by atoms with van der Waals surface area (Å²) in [5.41, 5.74) is 0.489. The molecule has 1 N–H and O–H groups in total. The summed E-state index contributed by atoms with van der Waals surface area (Å²) in [6.07, 6.45) is 5.39. The first-order valence-corrected chi connectivity index (χ1v) is 8.32. The number of rotatable bonds is 6. The molecule has 0 aliphatic carbocycles. The summed E-state index contributed by atoms with van der Waals surface area (Å²) in [5, 5.41) is 3.63. The van der Waals surface area contributed by atoms with Gasteiger partial charge in [0.1, 0.15) is 0 Å².